The van der Waals surface area contributed by atoms with E-state index in [0.717, 1.165) is 12.3 Å². The lowest BCUT2D eigenvalue weighted by molar-refractivity contribution is -0.141. The van der Waals surface area contributed by atoms with E-state index >= 15 is 0 Å². The van der Waals surface area contributed by atoms with Crippen molar-refractivity contribution in [1.29, 1.82) is 0 Å². The Morgan fingerprint density at radius 1 is 1.18 bits per heavy atom. The second-order valence-corrected chi connectivity index (χ2v) is 5.66. The second kappa shape index (κ2) is 8.59. The number of carbonyl (C=O) groups is 2. The van der Waals surface area contributed by atoms with Crippen molar-refractivity contribution in [1.82, 2.24) is 10.3 Å². The molecule has 0 aliphatic rings. The Morgan fingerprint density at radius 2 is 1.89 bits per heavy atom. The number of rotatable bonds is 7. The number of alkyl halides is 3. The fourth-order valence-electron chi connectivity index (χ4n) is 2.46. The van der Waals surface area contributed by atoms with Gasteiger partial charge in [-0.2, -0.15) is 13.2 Å². The van der Waals surface area contributed by atoms with Gasteiger partial charge in [0, 0.05) is 17.8 Å². The highest BCUT2D eigenvalue weighted by Gasteiger charge is 2.32. The molecule has 10 heteroatoms. The fraction of sp³-hybridized carbons (Fsp3) is 0.278. The first-order valence-electron chi connectivity index (χ1n) is 7.93. The number of nitrogens with one attached hydrogen (secondary N) is 1. The summed E-state index contributed by atoms with van der Waals surface area (Å²) in [5.74, 6) is -1.21. The molecule has 1 unspecified atom stereocenters. The summed E-state index contributed by atoms with van der Waals surface area (Å²) >= 11 is 0. The standard InChI is InChI=1S/C18H17F3N2O5/c1-27-11-4-5-12(14(7-11)28-2)13(8-16(24)25)23-17(26)10-3-6-15(22-9-10)18(19,20)21/h3-7,9,13H,8H2,1-2H3,(H,23,26)(H,24,25). The minimum absolute atomic E-state index is 0.143. The number of benzene rings is 1. The Bertz CT molecular complexity index is 853. The topological polar surface area (TPSA) is 97.8 Å². The van der Waals surface area contributed by atoms with E-state index in [1.54, 1.807) is 6.07 Å². The molecule has 150 valence electrons. The van der Waals surface area contributed by atoms with Gasteiger partial charge >= 0.3 is 12.1 Å². The summed E-state index contributed by atoms with van der Waals surface area (Å²) in [6.45, 7) is 0. The molecule has 0 saturated heterocycles. The molecular formula is C18H17F3N2O5. The van der Waals surface area contributed by atoms with Crippen LogP contribution in [0, 0.1) is 0 Å². The average Bonchev–Trinajstić information content (AvgIpc) is 2.65. The zero-order chi connectivity index (χ0) is 20.9. The first kappa shape index (κ1) is 21.0. The number of nitrogens with zero attached hydrogens (tertiary/aromatic N) is 1. The van der Waals surface area contributed by atoms with Crippen LogP contribution in [0.3, 0.4) is 0 Å². The molecule has 2 N–H and O–H groups in total. The predicted molar refractivity (Wildman–Crippen MR) is 91.2 cm³/mol. The van der Waals surface area contributed by atoms with Gasteiger partial charge in [0.05, 0.1) is 32.2 Å². The molecule has 1 heterocycles. The molecule has 2 aromatic rings. The first-order valence-corrected chi connectivity index (χ1v) is 7.93. The molecule has 28 heavy (non-hydrogen) atoms. The summed E-state index contributed by atoms with van der Waals surface area (Å²) < 4.78 is 48.1. The van der Waals surface area contributed by atoms with E-state index in [0.29, 0.717) is 17.4 Å². The minimum atomic E-state index is -4.63. The van der Waals surface area contributed by atoms with Crippen molar-refractivity contribution in [3.05, 3.63) is 53.3 Å². The lowest BCUT2D eigenvalue weighted by Gasteiger charge is -2.20. The second-order valence-electron chi connectivity index (χ2n) is 5.66. The highest BCUT2D eigenvalue weighted by molar-refractivity contribution is 5.94. The van der Waals surface area contributed by atoms with Crippen molar-refractivity contribution in [2.75, 3.05) is 14.2 Å². The molecule has 1 amide bonds. The van der Waals surface area contributed by atoms with Crippen molar-refractivity contribution in [2.24, 2.45) is 0 Å². The number of hydrogen-bond acceptors (Lipinski definition) is 5. The van der Waals surface area contributed by atoms with Crippen LogP contribution in [-0.2, 0) is 11.0 Å². The molecule has 0 radical (unpaired) electrons. The maximum atomic E-state index is 12.6. The number of carboxylic acids is 1. The number of carboxylic acid groups (broad SMARTS) is 1. The van der Waals surface area contributed by atoms with Crippen LogP contribution >= 0.6 is 0 Å². The van der Waals surface area contributed by atoms with E-state index in [4.69, 9.17) is 14.6 Å². The lowest BCUT2D eigenvalue weighted by atomic mass is 10.0. The van der Waals surface area contributed by atoms with Gasteiger partial charge in [-0.3, -0.25) is 14.6 Å². The quantitative estimate of drug-likeness (QED) is 0.744. The Morgan fingerprint density at radius 3 is 2.39 bits per heavy atom. The largest absolute Gasteiger partial charge is 0.497 e. The molecule has 0 saturated carbocycles. The number of hydrogen-bond donors (Lipinski definition) is 2. The number of halogens is 3. The van der Waals surface area contributed by atoms with Gasteiger partial charge in [-0.25, -0.2) is 0 Å². The van der Waals surface area contributed by atoms with Crippen LogP contribution in [0.5, 0.6) is 11.5 Å². The van der Waals surface area contributed by atoms with E-state index in [9.17, 15) is 22.8 Å². The SMILES string of the molecule is COc1ccc(C(CC(=O)O)NC(=O)c2ccc(C(F)(F)F)nc2)c(OC)c1. The summed E-state index contributed by atoms with van der Waals surface area (Å²) in [7, 11) is 2.82. The van der Waals surface area contributed by atoms with E-state index in [2.05, 4.69) is 10.3 Å². The molecule has 0 spiro atoms. The van der Waals surface area contributed by atoms with Crippen LogP contribution in [0.15, 0.2) is 36.5 Å². The number of pyridine rings is 1. The molecule has 0 aliphatic carbocycles. The van der Waals surface area contributed by atoms with Gasteiger partial charge in [0.25, 0.3) is 5.91 Å². The molecule has 0 aliphatic heterocycles. The van der Waals surface area contributed by atoms with Gasteiger partial charge < -0.3 is 19.9 Å². The Hall–Kier alpha value is -3.30. The molecule has 1 aromatic carbocycles. The van der Waals surface area contributed by atoms with Crippen molar-refractivity contribution >= 4 is 11.9 Å². The summed E-state index contributed by atoms with van der Waals surface area (Å²) in [5.41, 5.74) is -0.905. The Labute approximate surface area is 158 Å². The van der Waals surface area contributed by atoms with E-state index in [-0.39, 0.29) is 11.3 Å². The molecule has 1 aromatic heterocycles. The smallest absolute Gasteiger partial charge is 0.433 e. The molecule has 1 atom stereocenters. The van der Waals surface area contributed by atoms with Crippen LogP contribution in [0.4, 0.5) is 13.2 Å². The van der Waals surface area contributed by atoms with Crippen LogP contribution in [0.25, 0.3) is 0 Å². The first-order chi connectivity index (χ1) is 13.2. The van der Waals surface area contributed by atoms with Gasteiger partial charge in [0.2, 0.25) is 0 Å². The maximum absolute atomic E-state index is 12.6. The van der Waals surface area contributed by atoms with Crippen molar-refractivity contribution in [2.45, 2.75) is 18.6 Å². The van der Waals surface area contributed by atoms with Gasteiger partial charge in [0.15, 0.2) is 0 Å². The van der Waals surface area contributed by atoms with Crippen LogP contribution in [0.1, 0.15) is 34.1 Å². The maximum Gasteiger partial charge on any atom is 0.433 e. The Balaban J connectivity index is 2.29. The normalized spacial score (nSPS) is 12.2. The van der Waals surface area contributed by atoms with Gasteiger partial charge in [-0.1, -0.05) is 0 Å². The molecular weight excluding hydrogens is 381 g/mol. The van der Waals surface area contributed by atoms with Gasteiger partial charge in [-0.15, -0.1) is 0 Å². The predicted octanol–water partition coefficient (Wildman–Crippen LogP) is 3.06. The van der Waals surface area contributed by atoms with Crippen LogP contribution < -0.4 is 14.8 Å². The monoisotopic (exact) mass is 398 g/mol. The lowest BCUT2D eigenvalue weighted by Crippen LogP contribution is -2.30. The number of methoxy groups -OCH3 is 2. The van der Waals surface area contributed by atoms with Crippen LogP contribution in [-0.4, -0.2) is 36.2 Å². The van der Waals surface area contributed by atoms with Crippen molar-refractivity contribution in [3.8, 4) is 11.5 Å². The third kappa shape index (κ3) is 5.12. The van der Waals surface area contributed by atoms with E-state index in [1.807, 2.05) is 0 Å². The van der Waals surface area contributed by atoms with Crippen molar-refractivity contribution in [3.63, 3.8) is 0 Å². The van der Waals surface area contributed by atoms with Crippen molar-refractivity contribution < 1.29 is 37.3 Å². The van der Waals surface area contributed by atoms with Gasteiger partial charge in [-0.05, 0) is 24.3 Å². The summed E-state index contributed by atoms with van der Waals surface area (Å²) in [6, 6.07) is 5.28. The zero-order valence-corrected chi connectivity index (χ0v) is 14.9. The summed E-state index contributed by atoms with van der Waals surface area (Å²) in [5, 5.41) is 11.7. The highest BCUT2D eigenvalue weighted by Crippen LogP contribution is 2.31. The number of amides is 1. The Kier molecular flexibility index (Phi) is 6.45. The minimum Gasteiger partial charge on any atom is -0.497 e. The number of ether oxygens (including phenoxy) is 2. The van der Waals surface area contributed by atoms with Gasteiger partial charge in [0.1, 0.15) is 17.2 Å². The number of carbonyl (C=O) groups excluding carboxylic acids is 1. The average molecular weight is 398 g/mol. The summed E-state index contributed by atoms with van der Waals surface area (Å²) in [6.07, 6.45) is -4.32. The van der Waals surface area contributed by atoms with Crippen LogP contribution in [0.2, 0.25) is 0 Å². The molecule has 0 bridgehead atoms. The third-order valence-electron chi connectivity index (χ3n) is 3.82. The molecule has 7 nitrogen and oxygen atoms in total. The highest BCUT2D eigenvalue weighted by atomic mass is 19.4. The third-order valence-corrected chi connectivity index (χ3v) is 3.82. The zero-order valence-electron chi connectivity index (χ0n) is 14.9. The fourth-order valence-corrected chi connectivity index (χ4v) is 2.46. The molecule has 0 fully saturated rings. The number of aliphatic carboxylic acids is 1. The van der Waals surface area contributed by atoms with E-state index < -0.39 is 36.2 Å². The summed E-state index contributed by atoms with van der Waals surface area (Å²) in [4.78, 5) is 26.9. The molecule has 2 rings (SSSR count). The van der Waals surface area contributed by atoms with E-state index in [1.165, 1.54) is 26.4 Å². The number of aromatic nitrogens is 1.